The van der Waals surface area contributed by atoms with Crippen molar-refractivity contribution in [3.05, 3.63) is 27.7 Å². The summed E-state index contributed by atoms with van der Waals surface area (Å²) in [7, 11) is 0. The monoisotopic (exact) mass is 335 g/mol. The summed E-state index contributed by atoms with van der Waals surface area (Å²) >= 11 is 0.798. The Balaban J connectivity index is 2.42. The Labute approximate surface area is 115 Å². The summed E-state index contributed by atoms with van der Waals surface area (Å²) in [5.41, 5.74) is 3.15. The van der Waals surface area contributed by atoms with Crippen molar-refractivity contribution < 1.29 is 18.1 Å². The highest BCUT2D eigenvalue weighted by atomic mass is 79.9. The number of rotatable bonds is 3. The molecule has 0 aromatic carbocycles. The van der Waals surface area contributed by atoms with Crippen molar-refractivity contribution in [2.75, 3.05) is 0 Å². The molecule has 6 nitrogen and oxygen atoms in total. The van der Waals surface area contributed by atoms with Crippen LogP contribution in [0.1, 0.15) is 30.4 Å². The van der Waals surface area contributed by atoms with Crippen molar-refractivity contribution in [1.29, 1.82) is 0 Å². The number of nitrogens with zero attached hydrogens (tertiary/aromatic N) is 1. The SMILES string of the molecule is Cc1c(Br)noc1C(C1=CC(C)(C)ON1)S(=O)[O-]. The van der Waals surface area contributed by atoms with E-state index in [4.69, 9.17) is 9.36 Å². The van der Waals surface area contributed by atoms with Crippen molar-refractivity contribution in [2.24, 2.45) is 0 Å². The third-order valence-corrected chi connectivity index (χ3v) is 4.14. The highest BCUT2D eigenvalue weighted by molar-refractivity contribution is 9.10. The molecule has 1 N–H and O–H groups in total. The summed E-state index contributed by atoms with van der Waals surface area (Å²) in [6.07, 6.45) is 1.71. The molecular formula is C10H12BrN2O4S-. The number of aromatic nitrogens is 1. The maximum absolute atomic E-state index is 11.4. The van der Waals surface area contributed by atoms with E-state index in [2.05, 4.69) is 26.6 Å². The molecule has 0 amide bonds. The van der Waals surface area contributed by atoms with Crippen molar-refractivity contribution in [3.63, 3.8) is 0 Å². The van der Waals surface area contributed by atoms with Crippen molar-refractivity contribution >= 4 is 27.0 Å². The van der Waals surface area contributed by atoms with Gasteiger partial charge >= 0.3 is 0 Å². The topological polar surface area (TPSA) is 87.4 Å². The zero-order valence-corrected chi connectivity index (χ0v) is 12.4. The highest BCUT2D eigenvalue weighted by Gasteiger charge is 2.33. The molecule has 0 bridgehead atoms. The summed E-state index contributed by atoms with van der Waals surface area (Å²) in [5, 5.41) is 2.75. The maximum Gasteiger partial charge on any atom is 0.161 e. The lowest BCUT2D eigenvalue weighted by Gasteiger charge is -2.18. The fraction of sp³-hybridized carbons (Fsp3) is 0.500. The second-order valence-electron chi connectivity index (χ2n) is 4.51. The van der Waals surface area contributed by atoms with E-state index >= 15 is 0 Å². The maximum atomic E-state index is 11.4. The minimum atomic E-state index is -2.39. The predicted molar refractivity (Wildman–Crippen MR) is 67.0 cm³/mol. The van der Waals surface area contributed by atoms with Crippen LogP contribution in [0.5, 0.6) is 0 Å². The van der Waals surface area contributed by atoms with Gasteiger partial charge in [-0.05, 0) is 53.9 Å². The van der Waals surface area contributed by atoms with Crippen molar-refractivity contribution in [3.8, 4) is 0 Å². The summed E-state index contributed by atoms with van der Waals surface area (Å²) < 4.78 is 28.4. The van der Waals surface area contributed by atoms with Crippen LogP contribution in [-0.2, 0) is 15.9 Å². The third-order valence-electron chi connectivity index (χ3n) is 2.55. The molecule has 2 atom stereocenters. The van der Waals surface area contributed by atoms with Crippen molar-refractivity contribution in [2.45, 2.75) is 31.6 Å². The molecule has 0 spiro atoms. The standard InChI is InChI=1S/C10H13BrN2O4S/c1-5-7(16-13-9(5)11)8(18(14)15)6-4-10(2,3)17-12-6/h4,8,12H,1-3H3,(H,14,15)/p-1. The Morgan fingerprint density at radius 2 is 2.28 bits per heavy atom. The normalized spacial score (nSPS) is 21.3. The Hall–Kier alpha value is -0.700. The van der Waals surface area contributed by atoms with Gasteiger partial charge in [0.1, 0.15) is 10.9 Å². The van der Waals surface area contributed by atoms with Crippen LogP contribution in [0.3, 0.4) is 0 Å². The van der Waals surface area contributed by atoms with Gasteiger partial charge < -0.3 is 9.08 Å². The molecule has 0 fully saturated rings. The molecule has 1 aromatic rings. The lowest BCUT2D eigenvalue weighted by molar-refractivity contribution is -0.0161. The average Bonchev–Trinajstić information content (AvgIpc) is 2.75. The third kappa shape index (κ3) is 2.51. The molecule has 1 aromatic heterocycles. The average molecular weight is 336 g/mol. The Morgan fingerprint density at radius 1 is 1.61 bits per heavy atom. The lowest BCUT2D eigenvalue weighted by Crippen LogP contribution is -2.22. The van der Waals surface area contributed by atoms with E-state index in [9.17, 15) is 8.76 Å². The molecule has 0 saturated heterocycles. The fourth-order valence-corrected chi connectivity index (χ4v) is 2.64. The Kier molecular flexibility index (Phi) is 3.63. The van der Waals surface area contributed by atoms with Crippen LogP contribution < -0.4 is 5.48 Å². The minimum Gasteiger partial charge on any atom is -0.771 e. The van der Waals surface area contributed by atoms with Crippen LogP contribution in [-0.4, -0.2) is 19.5 Å². The fourth-order valence-electron chi connectivity index (χ4n) is 1.66. The van der Waals surface area contributed by atoms with E-state index in [0.29, 0.717) is 15.9 Å². The van der Waals surface area contributed by atoms with E-state index in [0.717, 1.165) is 0 Å². The first kappa shape index (κ1) is 13.7. The van der Waals surface area contributed by atoms with Crippen LogP contribution in [0.4, 0.5) is 0 Å². The second kappa shape index (κ2) is 4.76. The molecule has 0 saturated carbocycles. The number of hydrogen-bond donors (Lipinski definition) is 1. The molecule has 2 unspecified atom stereocenters. The largest absolute Gasteiger partial charge is 0.771 e. The molecule has 8 heteroatoms. The van der Waals surface area contributed by atoms with E-state index < -0.39 is 21.9 Å². The van der Waals surface area contributed by atoms with Gasteiger partial charge in [0.15, 0.2) is 10.4 Å². The molecule has 2 rings (SSSR count). The smallest absolute Gasteiger partial charge is 0.161 e. The molecule has 1 aliphatic heterocycles. The predicted octanol–water partition coefficient (Wildman–Crippen LogP) is 1.86. The Bertz CT molecular complexity index is 526. The van der Waals surface area contributed by atoms with Crippen LogP contribution in [0.25, 0.3) is 0 Å². The van der Waals surface area contributed by atoms with Gasteiger partial charge in [0.05, 0.1) is 5.70 Å². The van der Waals surface area contributed by atoms with Crippen LogP contribution >= 0.6 is 15.9 Å². The molecule has 0 radical (unpaired) electrons. The number of hydrogen-bond acceptors (Lipinski definition) is 6. The van der Waals surface area contributed by atoms with Gasteiger partial charge in [-0.2, -0.15) is 0 Å². The Morgan fingerprint density at radius 3 is 2.67 bits per heavy atom. The van der Waals surface area contributed by atoms with E-state index in [-0.39, 0.29) is 5.76 Å². The highest BCUT2D eigenvalue weighted by Crippen LogP contribution is 2.35. The molecule has 100 valence electrons. The quantitative estimate of drug-likeness (QED) is 0.848. The van der Waals surface area contributed by atoms with Gasteiger partial charge in [-0.1, -0.05) is 5.16 Å². The number of nitrogens with one attached hydrogen (secondary N) is 1. The number of halogens is 1. The van der Waals surface area contributed by atoms with E-state index in [1.165, 1.54) is 0 Å². The molecule has 2 heterocycles. The van der Waals surface area contributed by atoms with Crippen LogP contribution in [0.15, 0.2) is 20.9 Å². The van der Waals surface area contributed by atoms with Gasteiger partial charge in [0, 0.05) is 5.56 Å². The molecule has 0 aliphatic carbocycles. The van der Waals surface area contributed by atoms with Crippen molar-refractivity contribution in [1.82, 2.24) is 10.6 Å². The summed E-state index contributed by atoms with van der Waals surface area (Å²) in [5.74, 6) is 0.273. The first-order valence-electron chi connectivity index (χ1n) is 5.18. The van der Waals surface area contributed by atoms with Gasteiger partial charge in [-0.3, -0.25) is 14.5 Å². The first-order valence-corrected chi connectivity index (χ1v) is 7.11. The summed E-state index contributed by atoms with van der Waals surface area (Å²) in [6, 6.07) is 0. The second-order valence-corrected chi connectivity index (χ2v) is 6.25. The van der Waals surface area contributed by atoms with E-state index in [1.807, 2.05) is 13.8 Å². The summed E-state index contributed by atoms with van der Waals surface area (Å²) in [4.78, 5) is 5.26. The molecule has 18 heavy (non-hydrogen) atoms. The number of hydroxylamine groups is 1. The van der Waals surface area contributed by atoms with Gasteiger partial charge in [-0.15, -0.1) is 0 Å². The first-order chi connectivity index (χ1) is 8.32. The van der Waals surface area contributed by atoms with Crippen LogP contribution in [0.2, 0.25) is 0 Å². The molecular weight excluding hydrogens is 324 g/mol. The van der Waals surface area contributed by atoms with Gasteiger partial charge in [-0.25, -0.2) is 0 Å². The van der Waals surface area contributed by atoms with Gasteiger partial charge in [0.2, 0.25) is 0 Å². The molecule has 1 aliphatic rings. The summed E-state index contributed by atoms with van der Waals surface area (Å²) in [6.45, 7) is 5.37. The zero-order chi connectivity index (χ0) is 13.5. The zero-order valence-electron chi connectivity index (χ0n) is 10.0. The lowest BCUT2D eigenvalue weighted by atomic mass is 10.1. The van der Waals surface area contributed by atoms with Gasteiger partial charge in [0.25, 0.3) is 0 Å². The van der Waals surface area contributed by atoms with Crippen LogP contribution in [0, 0.1) is 6.92 Å². The minimum absolute atomic E-state index is 0.273. The van der Waals surface area contributed by atoms with E-state index in [1.54, 1.807) is 13.0 Å².